The molecular weight excluding hydrogens is 365 g/mol. The largest absolute Gasteiger partial charge is 0.355 e. The van der Waals surface area contributed by atoms with E-state index in [1.807, 2.05) is 4.72 Å². The normalized spacial score (nSPS) is 19.4. The Morgan fingerprint density at radius 1 is 1.26 bits per heavy atom. The average Bonchev–Trinajstić information content (AvgIpc) is 2.82. The molecule has 2 aliphatic rings. The minimum absolute atomic E-state index is 0.0477. The molecule has 23 heavy (non-hydrogen) atoms. The number of halogens is 2. The Labute approximate surface area is 143 Å². The highest BCUT2D eigenvalue weighted by atomic mass is 35.5. The van der Waals surface area contributed by atoms with Crippen LogP contribution in [0.15, 0.2) is 23.1 Å². The Morgan fingerprint density at radius 2 is 1.96 bits per heavy atom. The minimum atomic E-state index is -4.03. The second-order valence-electron chi connectivity index (χ2n) is 5.80. The molecule has 2 aliphatic heterocycles. The number of sulfonamides is 1. The van der Waals surface area contributed by atoms with Gasteiger partial charge in [0.25, 0.3) is 10.0 Å². The smallest absolute Gasteiger partial charge is 0.331 e. The summed E-state index contributed by atoms with van der Waals surface area (Å²) in [6.45, 7) is 1.19. The third kappa shape index (κ3) is 3.11. The van der Waals surface area contributed by atoms with Gasteiger partial charge < -0.3 is 10.2 Å². The van der Waals surface area contributed by atoms with Crippen molar-refractivity contribution in [2.24, 2.45) is 5.41 Å². The first-order valence-corrected chi connectivity index (χ1v) is 8.98. The summed E-state index contributed by atoms with van der Waals surface area (Å²) in [6, 6.07) is 3.07. The minimum Gasteiger partial charge on any atom is -0.355 e. The van der Waals surface area contributed by atoms with E-state index >= 15 is 0 Å². The van der Waals surface area contributed by atoms with Crippen LogP contribution >= 0.6 is 23.2 Å². The predicted molar refractivity (Wildman–Crippen MR) is 83.8 cm³/mol. The second-order valence-corrected chi connectivity index (χ2v) is 8.29. The van der Waals surface area contributed by atoms with Gasteiger partial charge in [0.2, 0.25) is 5.91 Å². The first-order valence-electron chi connectivity index (χ1n) is 6.74. The summed E-state index contributed by atoms with van der Waals surface area (Å²) in [7, 11) is -4.03. The molecule has 2 saturated heterocycles. The maximum absolute atomic E-state index is 12.2. The first kappa shape index (κ1) is 16.4. The van der Waals surface area contributed by atoms with Crippen molar-refractivity contribution in [3.63, 3.8) is 0 Å². The van der Waals surface area contributed by atoms with Gasteiger partial charge in [0.15, 0.2) is 0 Å². The van der Waals surface area contributed by atoms with E-state index in [4.69, 9.17) is 23.2 Å². The highest BCUT2D eigenvalue weighted by Gasteiger charge is 2.50. The van der Waals surface area contributed by atoms with Gasteiger partial charge >= 0.3 is 6.03 Å². The van der Waals surface area contributed by atoms with E-state index in [1.54, 1.807) is 0 Å². The highest BCUT2D eigenvalue weighted by Crippen LogP contribution is 2.36. The summed E-state index contributed by atoms with van der Waals surface area (Å²) in [6.07, 6.45) is 0.357. The van der Waals surface area contributed by atoms with Crippen molar-refractivity contribution >= 4 is 45.2 Å². The van der Waals surface area contributed by atoms with Gasteiger partial charge in [-0.1, -0.05) is 23.2 Å². The maximum Gasteiger partial charge on any atom is 0.331 e. The van der Waals surface area contributed by atoms with E-state index < -0.39 is 16.1 Å². The molecule has 3 amide bonds. The SMILES string of the molecule is O=C1CC2(CN1)CN(C(=O)NS(=O)(=O)c1ccc(Cl)c(Cl)c1)C2. The molecule has 1 aromatic carbocycles. The van der Waals surface area contributed by atoms with Crippen molar-refractivity contribution in [3.8, 4) is 0 Å². The van der Waals surface area contributed by atoms with Crippen LogP contribution in [0.3, 0.4) is 0 Å². The maximum atomic E-state index is 12.2. The van der Waals surface area contributed by atoms with E-state index in [9.17, 15) is 18.0 Å². The molecule has 2 N–H and O–H groups in total. The number of hydrogen-bond acceptors (Lipinski definition) is 4. The summed E-state index contributed by atoms with van der Waals surface area (Å²) in [5, 5.41) is 3.02. The van der Waals surface area contributed by atoms with Crippen molar-refractivity contribution in [1.82, 2.24) is 14.9 Å². The van der Waals surface area contributed by atoms with Gasteiger partial charge in [-0.3, -0.25) is 4.79 Å². The monoisotopic (exact) mass is 377 g/mol. The number of likely N-dealkylation sites (tertiary alicyclic amines) is 1. The van der Waals surface area contributed by atoms with Crippen LogP contribution in [-0.2, 0) is 14.8 Å². The van der Waals surface area contributed by atoms with Crippen molar-refractivity contribution in [1.29, 1.82) is 0 Å². The van der Waals surface area contributed by atoms with Gasteiger partial charge in [0.1, 0.15) is 0 Å². The molecule has 0 saturated carbocycles. The second kappa shape index (κ2) is 5.54. The lowest BCUT2D eigenvalue weighted by Crippen LogP contribution is -2.62. The Morgan fingerprint density at radius 3 is 2.52 bits per heavy atom. The number of hydrogen-bond donors (Lipinski definition) is 2. The zero-order valence-electron chi connectivity index (χ0n) is 11.8. The number of carbonyl (C=O) groups excluding carboxylic acids is 2. The predicted octanol–water partition coefficient (Wildman–Crippen LogP) is 1.21. The van der Waals surface area contributed by atoms with E-state index in [1.165, 1.54) is 23.1 Å². The van der Waals surface area contributed by atoms with E-state index in [0.29, 0.717) is 26.1 Å². The van der Waals surface area contributed by atoms with Gasteiger partial charge in [-0.05, 0) is 18.2 Å². The lowest BCUT2D eigenvalue weighted by molar-refractivity contribution is -0.120. The Hall–Kier alpha value is -1.51. The molecule has 1 spiro atoms. The van der Waals surface area contributed by atoms with E-state index in [2.05, 4.69) is 5.32 Å². The van der Waals surface area contributed by atoms with Gasteiger partial charge in [-0.25, -0.2) is 17.9 Å². The van der Waals surface area contributed by atoms with Crippen LogP contribution in [0.25, 0.3) is 0 Å². The summed E-state index contributed by atoms with van der Waals surface area (Å²) in [5.41, 5.74) is -0.262. The number of nitrogens with zero attached hydrogens (tertiary/aromatic N) is 1. The fourth-order valence-corrected chi connectivity index (χ4v) is 4.12. The lowest BCUT2D eigenvalue weighted by Gasteiger charge is -2.46. The van der Waals surface area contributed by atoms with Crippen LogP contribution in [0, 0.1) is 5.41 Å². The number of carbonyl (C=O) groups is 2. The summed E-state index contributed by atoms with van der Waals surface area (Å²) in [5.74, 6) is -0.0477. The van der Waals surface area contributed by atoms with Crippen LogP contribution in [0.1, 0.15) is 6.42 Å². The fourth-order valence-electron chi connectivity index (χ4n) is 2.76. The molecular formula is C13H13Cl2N3O4S. The molecule has 2 fully saturated rings. The molecule has 10 heteroatoms. The third-order valence-electron chi connectivity index (χ3n) is 3.96. The van der Waals surface area contributed by atoms with Crippen molar-refractivity contribution in [2.75, 3.05) is 19.6 Å². The Bertz CT molecular complexity index is 790. The summed E-state index contributed by atoms with van der Waals surface area (Å²) in [4.78, 5) is 24.5. The van der Waals surface area contributed by atoms with Crippen LogP contribution in [-0.4, -0.2) is 44.9 Å². The number of rotatable bonds is 2. The molecule has 124 valence electrons. The number of amides is 3. The Kier molecular flexibility index (Phi) is 3.94. The number of nitrogens with one attached hydrogen (secondary N) is 2. The standard InChI is InChI=1S/C13H13Cl2N3O4S/c14-9-2-1-8(3-10(9)15)23(21,22)17-12(20)18-6-13(7-18)4-11(19)16-5-13/h1-3H,4-7H2,(H,16,19)(H,17,20). The average molecular weight is 378 g/mol. The highest BCUT2D eigenvalue weighted by molar-refractivity contribution is 7.90. The van der Waals surface area contributed by atoms with Crippen LogP contribution in [0.2, 0.25) is 10.0 Å². The lowest BCUT2D eigenvalue weighted by atomic mass is 9.79. The number of urea groups is 1. The molecule has 0 aromatic heterocycles. The first-order chi connectivity index (χ1) is 10.7. The summed E-state index contributed by atoms with van der Waals surface area (Å²) >= 11 is 11.5. The quantitative estimate of drug-likeness (QED) is 0.809. The molecule has 3 rings (SSSR count). The molecule has 0 unspecified atom stereocenters. The zero-order valence-corrected chi connectivity index (χ0v) is 14.1. The van der Waals surface area contributed by atoms with Crippen LogP contribution < -0.4 is 10.0 Å². The molecule has 7 nitrogen and oxygen atoms in total. The van der Waals surface area contributed by atoms with Gasteiger partial charge in [-0.15, -0.1) is 0 Å². The van der Waals surface area contributed by atoms with E-state index in [0.717, 1.165) is 0 Å². The summed E-state index contributed by atoms with van der Waals surface area (Å²) < 4.78 is 26.4. The molecule has 0 radical (unpaired) electrons. The van der Waals surface area contributed by atoms with Crippen LogP contribution in [0.4, 0.5) is 4.79 Å². The third-order valence-corrected chi connectivity index (χ3v) is 6.02. The fraction of sp³-hybridized carbons (Fsp3) is 0.385. The molecule has 0 aliphatic carbocycles. The molecule has 1 aromatic rings. The molecule has 2 heterocycles. The molecule has 0 atom stereocenters. The molecule has 0 bridgehead atoms. The van der Waals surface area contributed by atoms with Crippen molar-refractivity contribution in [3.05, 3.63) is 28.2 Å². The van der Waals surface area contributed by atoms with Crippen molar-refractivity contribution in [2.45, 2.75) is 11.3 Å². The topological polar surface area (TPSA) is 95.6 Å². The number of benzene rings is 1. The zero-order chi connectivity index (χ0) is 16.8. The van der Waals surface area contributed by atoms with Crippen molar-refractivity contribution < 1.29 is 18.0 Å². The van der Waals surface area contributed by atoms with E-state index in [-0.39, 0.29) is 26.3 Å². The Balaban J connectivity index is 1.66. The van der Waals surface area contributed by atoms with Gasteiger partial charge in [0.05, 0.1) is 14.9 Å². The van der Waals surface area contributed by atoms with Gasteiger partial charge in [-0.2, -0.15) is 0 Å². The van der Waals surface area contributed by atoms with Gasteiger partial charge in [0, 0.05) is 31.5 Å². The van der Waals surface area contributed by atoms with Crippen LogP contribution in [0.5, 0.6) is 0 Å².